The summed E-state index contributed by atoms with van der Waals surface area (Å²) in [5, 5.41) is 56.6. The molecule has 1 saturated heterocycles. The number of amides is 1. The van der Waals surface area contributed by atoms with E-state index < -0.39 is 67.4 Å². The fourth-order valence-corrected chi connectivity index (χ4v) is 7.40. The lowest BCUT2D eigenvalue weighted by atomic mass is 9.99. The first kappa shape index (κ1) is 62.3. The van der Waals surface area contributed by atoms with E-state index in [2.05, 4.69) is 68.6 Å². The van der Waals surface area contributed by atoms with Crippen LogP contribution >= 0.6 is 0 Å². The third kappa shape index (κ3) is 33.0. The van der Waals surface area contributed by atoms with Gasteiger partial charge in [0.15, 0.2) is 12.4 Å². The molecule has 11 nitrogen and oxygen atoms in total. The van der Waals surface area contributed by atoms with E-state index in [1.807, 2.05) is 60.8 Å². The summed E-state index contributed by atoms with van der Waals surface area (Å²) in [7, 11) is 0. The molecule has 1 aliphatic heterocycles. The van der Waals surface area contributed by atoms with Crippen molar-refractivity contribution >= 4 is 11.9 Å². The van der Waals surface area contributed by atoms with E-state index in [1.54, 1.807) is 6.08 Å². The van der Waals surface area contributed by atoms with Gasteiger partial charge in [0.05, 0.1) is 25.4 Å². The molecule has 1 aliphatic rings. The second-order valence-corrected chi connectivity index (χ2v) is 17.6. The Bertz CT molecular complexity index is 1510. The van der Waals surface area contributed by atoms with Gasteiger partial charge < -0.3 is 45.1 Å². The van der Waals surface area contributed by atoms with E-state index in [0.717, 1.165) is 70.6 Å². The standard InChI is InChI=1S/C57H93NO10/c1-4-7-10-13-16-19-22-25-28-31-34-37-40-43-49(60)48(58-56(65)50(61)44-41-38-35-32-29-26-23-20-17-14-11-8-5-2)47-66-57-55(54(64)53(63)51(46-59)67-57)68-52(62)45-42-39-36-33-30-27-24-21-18-15-12-9-6-3/h8-9,11-12,15,17-18,20-21,24,26-27,29-30,33,36,40,43,48-51,53-55,57,59-61,63-64H,4-7,10,13-14,16,19,22-23,25,28,31-32,34-35,37-39,41-42,44-47H2,1-3H3,(H,58,65)/b11-8+,12-9+,18-15+,20-17+,24-21-,29-26+,30-27-,36-33+,43-40+. The van der Waals surface area contributed by atoms with Gasteiger partial charge in [-0.25, -0.2) is 0 Å². The van der Waals surface area contributed by atoms with Crippen LogP contribution in [0.15, 0.2) is 109 Å². The predicted molar refractivity (Wildman–Crippen MR) is 278 cm³/mol. The lowest BCUT2D eigenvalue weighted by molar-refractivity contribution is -0.305. The molecule has 8 atom stereocenters. The molecule has 0 spiro atoms. The summed E-state index contributed by atoms with van der Waals surface area (Å²) in [6, 6.07) is -1.06. The van der Waals surface area contributed by atoms with Gasteiger partial charge in [-0.3, -0.25) is 9.59 Å². The van der Waals surface area contributed by atoms with Crippen LogP contribution in [0.2, 0.25) is 0 Å². The maximum Gasteiger partial charge on any atom is 0.306 e. The van der Waals surface area contributed by atoms with Crippen LogP contribution in [0.5, 0.6) is 0 Å². The van der Waals surface area contributed by atoms with Crippen LogP contribution in [0, 0.1) is 0 Å². The van der Waals surface area contributed by atoms with Crippen molar-refractivity contribution in [1.29, 1.82) is 0 Å². The molecule has 0 aromatic carbocycles. The zero-order valence-electron chi connectivity index (χ0n) is 42.2. The SMILES string of the molecule is CC/C=C/C=C/C=C\C=C/C=C/CCCC(=O)OC1C(OCC(NC(=O)C(O)CCCCC/C=C/C/C=C/C/C=C/CC)C(O)/C=C/CCCCCCCCCCCCC)OC(CO)C(O)C1O. The third-order valence-electron chi connectivity index (χ3n) is 11.5. The Morgan fingerprint density at radius 2 is 1.13 bits per heavy atom. The second-order valence-electron chi connectivity index (χ2n) is 17.6. The number of hydrogen-bond donors (Lipinski definition) is 6. The molecule has 8 unspecified atom stereocenters. The van der Waals surface area contributed by atoms with Crippen LogP contribution in [0.25, 0.3) is 0 Å². The largest absolute Gasteiger partial charge is 0.454 e. The Balaban J connectivity index is 2.86. The van der Waals surface area contributed by atoms with Crippen LogP contribution in [0.3, 0.4) is 0 Å². The molecule has 6 N–H and O–H groups in total. The summed E-state index contributed by atoms with van der Waals surface area (Å²) in [6.45, 7) is 5.42. The van der Waals surface area contributed by atoms with E-state index in [1.165, 1.54) is 51.4 Å². The minimum atomic E-state index is -1.65. The van der Waals surface area contributed by atoms with Gasteiger partial charge in [-0.2, -0.15) is 0 Å². The topological polar surface area (TPSA) is 175 Å². The number of ether oxygens (including phenoxy) is 3. The summed E-state index contributed by atoms with van der Waals surface area (Å²) >= 11 is 0. The number of carbonyl (C=O) groups is 2. The zero-order chi connectivity index (χ0) is 49.7. The highest BCUT2D eigenvalue weighted by Crippen LogP contribution is 2.26. The summed E-state index contributed by atoms with van der Waals surface area (Å²) in [4.78, 5) is 26.3. The van der Waals surface area contributed by atoms with Gasteiger partial charge in [0.25, 0.3) is 0 Å². The molecular formula is C57H93NO10. The Hall–Kier alpha value is -3.68. The monoisotopic (exact) mass is 952 g/mol. The number of hydrogen-bond acceptors (Lipinski definition) is 10. The number of allylic oxidation sites excluding steroid dienone is 17. The third-order valence-corrected chi connectivity index (χ3v) is 11.5. The number of carbonyl (C=O) groups excluding carboxylic acids is 2. The molecule has 68 heavy (non-hydrogen) atoms. The highest BCUT2D eigenvalue weighted by Gasteiger charge is 2.47. The van der Waals surface area contributed by atoms with Crippen molar-refractivity contribution in [1.82, 2.24) is 5.32 Å². The van der Waals surface area contributed by atoms with Gasteiger partial charge in [0.2, 0.25) is 5.91 Å². The summed E-state index contributed by atoms with van der Waals surface area (Å²) in [5.74, 6) is -1.31. The number of esters is 1. The first-order valence-electron chi connectivity index (χ1n) is 26.2. The van der Waals surface area contributed by atoms with Crippen molar-refractivity contribution in [3.8, 4) is 0 Å². The summed E-state index contributed by atoms with van der Waals surface area (Å²) < 4.78 is 17.4. The van der Waals surface area contributed by atoms with Crippen molar-refractivity contribution in [2.75, 3.05) is 13.2 Å². The van der Waals surface area contributed by atoms with E-state index in [-0.39, 0.29) is 19.4 Å². The molecule has 11 heteroatoms. The first-order chi connectivity index (χ1) is 33.2. The van der Waals surface area contributed by atoms with E-state index in [9.17, 15) is 35.1 Å². The van der Waals surface area contributed by atoms with Gasteiger partial charge in [-0.05, 0) is 70.6 Å². The van der Waals surface area contributed by atoms with Crippen molar-refractivity contribution in [2.45, 2.75) is 224 Å². The lowest BCUT2D eigenvalue weighted by Crippen LogP contribution is -2.61. The Kier molecular flexibility index (Phi) is 40.8. The maximum absolute atomic E-state index is 13.3. The maximum atomic E-state index is 13.3. The van der Waals surface area contributed by atoms with Gasteiger partial charge in [0, 0.05) is 6.42 Å². The fourth-order valence-electron chi connectivity index (χ4n) is 7.40. The zero-order valence-corrected chi connectivity index (χ0v) is 42.2. The van der Waals surface area contributed by atoms with Gasteiger partial charge >= 0.3 is 5.97 Å². The summed E-state index contributed by atoms with van der Waals surface area (Å²) in [6.07, 6.45) is 48.7. The number of aliphatic hydroxyl groups is 5. The first-order valence-corrected chi connectivity index (χ1v) is 26.2. The number of nitrogens with one attached hydrogen (secondary N) is 1. The number of unbranched alkanes of at least 4 members (excludes halogenated alkanes) is 15. The Labute approximate surface area is 411 Å². The molecule has 1 fully saturated rings. The molecule has 1 heterocycles. The molecule has 0 aromatic rings. The van der Waals surface area contributed by atoms with E-state index in [0.29, 0.717) is 19.3 Å². The highest BCUT2D eigenvalue weighted by molar-refractivity contribution is 5.80. The number of rotatable bonds is 41. The summed E-state index contributed by atoms with van der Waals surface area (Å²) in [5.41, 5.74) is 0. The van der Waals surface area contributed by atoms with Crippen LogP contribution in [-0.4, -0.2) is 99.6 Å². The molecule has 0 saturated carbocycles. The molecule has 1 amide bonds. The van der Waals surface area contributed by atoms with Crippen molar-refractivity contribution < 1.29 is 49.3 Å². The Morgan fingerprint density at radius 3 is 1.75 bits per heavy atom. The van der Waals surface area contributed by atoms with Gasteiger partial charge in [-0.1, -0.05) is 207 Å². The smallest absolute Gasteiger partial charge is 0.306 e. The van der Waals surface area contributed by atoms with Crippen LogP contribution < -0.4 is 5.32 Å². The molecule has 0 aliphatic carbocycles. The molecular weight excluding hydrogens is 859 g/mol. The normalized spacial score (nSPS) is 20.9. The lowest BCUT2D eigenvalue weighted by Gasteiger charge is -2.41. The van der Waals surface area contributed by atoms with E-state index >= 15 is 0 Å². The van der Waals surface area contributed by atoms with Crippen LogP contribution in [-0.2, 0) is 23.8 Å². The van der Waals surface area contributed by atoms with Crippen molar-refractivity contribution in [3.63, 3.8) is 0 Å². The van der Waals surface area contributed by atoms with Crippen molar-refractivity contribution in [3.05, 3.63) is 109 Å². The van der Waals surface area contributed by atoms with Crippen LogP contribution in [0.4, 0.5) is 0 Å². The quantitative estimate of drug-likeness (QED) is 0.0150. The minimum absolute atomic E-state index is 0.0183. The van der Waals surface area contributed by atoms with Crippen LogP contribution in [0.1, 0.15) is 175 Å². The highest BCUT2D eigenvalue weighted by atomic mass is 16.7. The fraction of sp³-hybridized carbons (Fsp3) is 0.649. The molecule has 1 rings (SSSR count). The Morgan fingerprint density at radius 1 is 0.603 bits per heavy atom. The molecule has 0 bridgehead atoms. The molecule has 0 aromatic heterocycles. The second kappa shape index (κ2) is 44.5. The molecule has 0 radical (unpaired) electrons. The van der Waals surface area contributed by atoms with Gasteiger partial charge in [0.1, 0.15) is 24.4 Å². The molecule has 386 valence electrons. The number of aliphatic hydroxyl groups excluding tert-OH is 5. The average Bonchev–Trinajstić information content (AvgIpc) is 3.33. The van der Waals surface area contributed by atoms with Gasteiger partial charge in [-0.15, -0.1) is 0 Å². The minimum Gasteiger partial charge on any atom is -0.454 e. The average molecular weight is 952 g/mol. The van der Waals surface area contributed by atoms with E-state index in [4.69, 9.17) is 14.2 Å². The van der Waals surface area contributed by atoms with Crippen molar-refractivity contribution in [2.24, 2.45) is 0 Å². The predicted octanol–water partition coefficient (Wildman–Crippen LogP) is 11.0.